The second-order valence-corrected chi connectivity index (χ2v) is 33.9. The van der Waals surface area contributed by atoms with E-state index in [9.17, 15) is 61.2 Å². The van der Waals surface area contributed by atoms with E-state index in [0.717, 1.165) is 32.8 Å². The van der Waals surface area contributed by atoms with Crippen molar-refractivity contribution in [3.63, 3.8) is 0 Å². The van der Waals surface area contributed by atoms with E-state index in [4.69, 9.17) is 14.2 Å². The number of allylic oxidation sites excluding steroid dienone is 2. The predicted octanol–water partition coefficient (Wildman–Crippen LogP) is 4.28. The molecule has 0 aliphatic rings. The van der Waals surface area contributed by atoms with E-state index in [-0.39, 0.29) is 62.5 Å². The lowest BCUT2D eigenvalue weighted by Gasteiger charge is -2.42. The Bertz CT molecular complexity index is 3190. The first kappa shape index (κ1) is 99.1. The second-order valence-electron chi connectivity index (χ2n) is 31.7. The Kier molecular flexibility index (Phi) is 41.2. The SMILES string of the molecule is C/C=C/C[C@@H](C)[C@@H](OC(C)=O)[C@@H](C(=O)N[C@@H](CC)C(=O)OCCN(C)C(C)=O)N(C)C(=O)[C@H](C(C)C)N(C)C(=O)[C@H](CC(C)C)N(C)C(=O)[C@H](CC(C)C)N(C)C(=O)[C@@H](C)NC(=O)[C@H](C)NC(=O)[C@H](CC(C)C)N(C)C(=O)[C@@H](NC(=O)[C@H]([C@H](C)CS(C)(=O)=O)N(C)C(=O)[C@@H](C)N(C)C(=O)OC(C)(C)C)C(C)C. The van der Waals surface area contributed by atoms with Crippen LogP contribution in [-0.2, 0) is 86.4 Å². The van der Waals surface area contributed by atoms with Gasteiger partial charge in [0.15, 0.2) is 0 Å². The average Bonchev–Trinajstić information content (AvgIpc) is 0.798. The summed E-state index contributed by atoms with van der Waals surface area (Å²) in [5.41, 5.74) is -0.906. The summed E-state index contributed by atoms with van der Waals surface area (Å²) >= 11 is 0. The third kappa shape index (κ3) is 31.3. The minimum Gasteiger partial charge on any atom is -0.462 e. The van der Waals surface area contributed by atoms with Gasteiger partial charge in [0.2, 0.25) is 65.0 Å². The molecule has 0 saturated heterocycles. The highest BCUT2D eigenvalue weighted by Crippen LogP contribution is 2.28. The zero-order valence-corrected chi connectivity index (χ0v) is 70.8. The summed E-state index contributed by atoms with van der Waals surface area (Å²) in [6.07, 6.45) is 3.00. The van der Waals surface area contributed by atoms with Crippen LogP contribution in [0.3, 0.4) is 0 Å². The van der Waals surface area contributed by atoms with E-state index in [0.29, 0.717) is 6.42 Å². The van der Waals surface area contributed by atoms with Crippen molar-refractivity contribution < 1.29 is 89.8 Å². The maximum absolute atomic E-state index is 15.3. The van der Waals surface area contributed by atoms with Crippen molar-refractivity contribution >= 4 is 92.8 Å². The Morgan fingerprint density at radius 2 is 0.935 bits per heavy atom. The fraction of sp³-hybridized carbons (Fsp3) is 0.787. The van der Waals surface area contributed by atoms with Gasteiger partial charge in [-0.15, -0.1) is 0 Å². The first-order valence-corrected chi connectivity index (χ1v) is 39.1. The van der Waals surface area contributed by atoms with Gasteiger partial charge in [-0.25, -0.2) is 18.0 Å². The monoisotopic (exact) mass is 1540 g/mol. The van der Waals surface area contributed by atoms with Crippen molar-refractivity contribution in [2.45, 2.75) is 263 Å². The van der Waals surface area contributed by atoms with Crippen LogP contribution in [0.25, 0.3) is 0 Å². The summed E-state index contributed by atoms with van der Waals surface area (Å²) in [6, 6.07) is -14.6. The van der Waals surface area contributed by atoms with E-state index in [2.05, 4.69) is 21.3 Å². The molecule has 0 aromatic heterocycles. The van der Waals surface area contributed by atoms with Gasteiger partial charge in [0.1, 0.15) is 94.6 Å². The smallest absolute Gasteiger partial charge is 0.410 e. The van der Waals surface area contributed by atoms with Crippen LogP contribution in [0, 0.1) is 41.4 Å². The first-order chi connectivity index (χ1) is 49.0. The van der Waals surface area contributed by atoms with Gasteiger partial charge in [-0.2, -0.15) is 0 Å². The summed E-state index contributed by atoms with van der Waals surface area (Å²) in [7, 11) is 7.32. The molecule has 0 rings (SSSR count). The topological polar surface area (TPSA) is 375 Å². The van der Waals surface area contributed by atoms with E-state index < -0.39 is 195 Å². The van der Waals surface area contributed by atoms with Gasteiger partial charge in [-0.3, -0.25) is 62.4 Å². The molecule has 0 heterocycles. The molecule has 0 fully saturated rings. The van der Waals surface area contributed by atoms with Gasteiger partial charge >= 0.3 is 18.0 Å². The van der Waals surface area contributed by atoms with Crippen LogP contribution in [0.2, 0.25) is 0 Å². The number of esters is 2. The molecule has 14 atom stereocenters. The van der Waals surface area contributed by atoms with Crippen molar-refractivity contribution in [2.75, 3.05) is 81.5 Å². The molecule has 0 aliphatic carbocycles. The molecule has 0 unspecified atom stereocenters. The van der Waals surface area contributed by atoms with Crippen LogP contribution in [-0.4, -0.2) is 290 Å². The molecule has 0 saturated carbocycles. The van der Waals surface area contributed by atoms with Crippen molar-refractivity contribution in [2.24, 2.45) is 41.4 Å². The first-order valence-electron chi connectivity index (χ1n) is 37.1. The number of amides is 12. The molecule has 12 amide bonds. The lowest BCUT2D eigenvalue weighted by Crippen LogP contribution is -2.63. The summed E-state index contributed by atoms with van der Waals surface area (Å²) in [6.45, 7) is 35.8. The average molecular weight is 1540 g/mol. The molecular formula is C75H134N12O19S. The zero-order chi connectivity index (χ0) is 83.7. The number of carbonyl (C=O) groups is 14. The Labute approximate surface area is 638 Å². The number of nitrogens with one attached hydrogen (secondary N) is 4. The van der Waals surface area contributed by atoms with Crippen molar-refractivity contribution in [3.8, 4) is 0 Å². The Morgan fingerprint density at radius 3 is 1.37 bits per heavy atom. The number of nitrogens with zero attached hydrogens (tertiary/aromatic N) is 8. The third-order valence-electron chi connectivity index (χ3n) is 18.7. The summed E-state index contributed by atoms with van der Waals surface area (Å²) < 4.78 is 42.1. The number of hydrogen-bond donors (Lipinski definition) is 4. The second kappa shape index (κ2) is 44.5. The maximum atomic E-state index is 15.3. The van der Waals surface area contributed by atoms with E-state index in [1.807, 2.05) is 27.7 Å². The Balaban J connectivity index is 7.27. The van der Waals surface area contributed by atoms with Crippen LogP contribution >= 0.6 is 0 Å². The fourth-order valence-electron chi connectivity index (χ4n) is 12.3. The molecule has 32 heteroatoms. The van der Waals surface area contributed by atoms with Crippen molar-refractivity contribution in [1.82, 2.24) is 60.5 Å². The molecule has 4 N–H and O–H groups in total. The number of hydrogen-bond acceptors (Lipinski definition) is 19. The molecule has 0 aromatic rings. The third-order valence-corrected chi connectivity index (χ3v) is 19.8. The predicted molar refractivity (Wildman–Crippen MR) is 408 cm³/mol. The molecule has 0 aliphatic heterocycles. The van der Waals surface area contributed by atoms with Crippen LogP contribution in [0.1, 0.15) is 184 Å². The van der Waals surface area contributed by atoms with Crippen molar-refractivity contribution in [1.29, 1.82) is 0 Å². The molecular weight excluding hydrogens is 1400 g/mol. The molecule has 31 nitrogen and oxygen atoms in total. The highest BCUT2D eigenvalue weighted by atomic mass is 32.2. The fourth-order valence-corrected chi connectivity index (χ4v) is 13.4. The van der Waals surface area contributed by atoms with Crippen LogP contribution in [0.5, 0.6) is 0 Å². The molecule has 0 aromatic carbocycles. The Hall–Kier alpha value is -7.93. The van der Waals surface area contributed by atoms with Gasteiger partial charge in [-0.05, 0) is 122 Å². The van der Waals surface area contributed by atoms with Crippen LogP contribution in [0.15, 0.2) is 12.2 Å². The number of sulfone groups is 1. The lowest BCUT2D eigenvalue weighted by molar-refractivity contribution is -0.164. The van der Waals surface area contributed by atoms with Crippen molar-refractivity contribution in [3.05, 3.63) is 12.2 Å². The Morgan fingerprint density at radius 1 is 0.486 bits per heavy atom. The minimum absolute atomic E-state index is 0.0492. The largest absolute Gasteiger partial charge is 0.462 e. The van der Waals surface area contributed by atoms with E-state index in [1.165, 1.54) is 111 Å². The number of carbonyl (C=O) groups excluding carboxylic acids is 14. The zero-order valence-electron chi connectivity index (χ0n) is 70.0. The quantitative estimate of drug-likeness (QED) is 0.0376. The van der Waals surface area contributed by atoms with Gasteiger partial charge < -0.3 is 69.8 Å². The highest BCUT2D eigenvalue weighted by Gasteiger charge is 2.47. The number of rotatable bonds is 42. The summed E-state index contributed by atoms with van der Waals surface area (Å²) in [5, 5.41) is 10.7. The summed E-state index contributed by atoms with van der Waals surface area (Å²) in [5.74, 6) is -13.6. The number of likely N-dealkylation sites (N-methyl/N-ethyl adjacent to an activating group) is 8. The normalized spacial score (nSPS) is 15.8. The highest BCUT2D eigenvalue weighted by molar-refractivity contribution is 7.90. The van der Waals surface area contributed by atoms with Crippen LogP contribution < -0.4 is 21.3 Å². The van der Waals surface area contributed by atoms with Gasteiger partial charge in [0.05, 0.1) is 12.3 Å². The molecule has 107 heavy (non-hydrogen) atoms. The lowest BCUT2D eigenvalue weighted by atomic mass is 9.91. The molecule has 614 valence electrons. The maximum Gasteiger partial charge on any atom is 0.410 e. The van der Waals surface area contributed by atoms with E-state index in [1.54, 1.807) is 95.2 Å². The minimum atomic E-state index is -3.75. The van der Waals surface area contributed by atoms with Gasteiger partial charge in [-0.1, -0.05) is 102 Å². The standard InChI is InChI=1S/C75H134N12O19S/c1-32-34-35-47(13)62(105-53(19)89)61(66(93)78-54(33-2)73(100)104-37-36-80(23)52(18)88)87(30)72(99)59(46(11)12)85(28)70(97)57(40-44(7)8)84(27)69(96)56(39-43(5)6)83(26)67(94)50(16)77-63(90)49(15)76-64(91)55(38-42(3)4)82(25)71(98)58(45(9)10)79-65(92)60(48(14)41-107(31,102)103)86(29)68(95)51(17)81(24)74(101)106-75(20,21)22/h32,34,42-51,54-62H,33,35-41H2,1-31H3,(H,76,91)(H,77,90)(H,78,93)(H,79,92)/b34-32+/t47-,48-,49+,50-,51-,54+,55+,56+,57+,58+,59+,60+,61+,62-/m1/s1. The molecule has 0 spiro atoms. The van der Waals surface area contributed by atoms with E-state index >= 15 is 14.4 Å². The molecule has 0 bridgehead atoms. The number of ether oxygens (including phenoxy) is 3. The summed E-state index contributed by atoms with van der Waals surface area (Å²) in [4.78, 5) is 207. The van der Waals surface area contributed by atoms with Gasteiger partial charge in [0.25, 0.3) is 0 Å². The molecule has 0 radical (unpaired) electrons. The van der Waals surface area contributed by atoms with Crippen LogP contribution in [0.4, 0.5) is 4.79 Å². The van der Waals surface area contributed by atoms with Gasteiger partial charge in [0, 0.05) is 76.5 Å².